The van der Waals surface area contributed by atoms with Crippen molar-refractivity contribution in [3.63, 3.8) is 0 Å². The van der Waals surface area contributed by atoms with Gasteiger partial charge in [-0.1, -0.05) is 12.2 Å². The van der Waals surface area contributed by atoms with Crippen molar-refractivity contribution in [2.75, 3.05) is 6.61 Å². The van der Waals surface area contributed by atoms with Gasteiger partial charge in [0.15, 0.2) is 6.33 Å². The number of hydrogen-bond acceptors (Lipinski definition) is 1. The lowest BCUT2D eigenvalue weighted by Gasteiger charge is -1.93. The average molecular weight is 134 g/mol. The van der Waals surface area contributed by atoms with Gasteiger partial charge in [-0.05, 0) is 6.92 Å². The first kappa shape index (κ1) is 8.14. The molecule has 0 fully saturated rings. The Morgan fingerprint density at radius 3 is 2.78 bits per heavy atom. The first-order valence-electron chi connectivity index (χ1n) is 2.51. The molecule has 0 aromatic carbocycles. The fourth-order valence-corrected chi connectivity index (χ4v) is 0.255. The molecule has 0 saturated carbocycles. The summed E-state index contributed by atoms with van der Waals surface area (Å²) in [6.07, 6.45) is 3.04. The van der Waals surface area contributed by atoms with Gasteiger partial charge in [0.05, 0.1) is 0 Å². The van der Waals surface area contributed by atoms with Gasteiger partial charge in [-0.2, -0.15) is 4.39 Å². The summed E-state index contributed by atoms with van der Waals surface area (Å²) in [5.74, 6) is 0. The topological polar surface area (TPSA) is 9.23 Å². The normalized spacial score (nSPS) is 12.6. The van der Waals surface area contributed by atoms with Crippen LogP contribution in [0.2, 0.25) is 0 Å². The van der Waals surface area contributed by atoms with Crippen molar-refractivity contribution >= 4 is 0 Å². The van der Waals surface area contributed by atoms with E-state index in [1.807, 2.05) is 0 Å². The van der Waals surface area contributed by atoms with Crippen LogP contribution in [-0.4, -0.2) is 6.61 Å². The molecule has 52 valence electrons. The van der Waals surface area contributed by atoms with Crippen LogP contribution >= 0.6 is 0 Å². The Kier molecular flexibility index (Phi) is 4.78. The van der Waals surface area contributed by atoms with Crippen LogP contribution in [0, 0.1) is 0 Å². The maximum Gasteiger partial charge on any atom is 0.301 e. The Bertz CT molecular complexity index is 118. The van der Waals surface area contributed by atoms with Crippen LogP contribution in [0.5, 0.6) is 0 Å². The van der Waals surface area contributed by atoms with E-state index in [0.717, 1.165) is 0 Å². The zero-order valence-corrected chi connectivity index (χ0v) is 5.10. The zero-order valence-electron chi connectivity index (χ0n) is 5.10. The van der Waals surface area contributed by atoms with Crippen molar-refractivity contribution in [1.29, 1.82) is 0 Å². The molecule has 0 amide bonds. The van der Waals surface area contributed by atoms with E-state index in [2.05, 4.69) is 4.74 Å². The molecule has 0 bridgehead atoms. The van der Waals surface area contributed by atoms with Crippen LogP contribution in [0.25, 0.3) is 0 Å². The van der Waals surface area contributed by atoms with E-state index >= 15 is 0 Å². The zero-order chi connectivity index (χ0) is 7.11. The molecular weight excluding hydrogens is 126 g/mol. The van der Waals surface area contributed by atoms with Gasteiger partial charge in [0.25, 0.3) is 0 Å². The number of rotatable bonds is 3. The third-order valence-electron chi connectivity index (χ3n) is 0.639. The van der Waals surface area contributed by atoms with E-state index in [9.17, 15) is 8.78 Å². The van der Waals surface area contributed by atoms with Gasteiger partial charge < -0.3 is 4.74 Å². The Morgan fingerprint density at radius 2 is 2.33 bits per heavy atom. The summed E-state index contributed by atoms with van der Waals surface area (Å²) >= 11 is 0. The van der Waals surface area contributed by atoms with Crippen molar-refractivity contribution < 1.29 is 13.5 Å². The van der Waals surface area contributed by atoms with Crippen molar-refractivity contribution in [3.05, 3.63) is 24.5 Å². The minimum atomic E-state index is -1.19. The summed E-state index contributed by atoms with van der Waals surface area (Å²) in [6.45, 7) is 1.84. The van der Waals surface area contributed by atoms with Crippen LogP contribution in [0.1, 0.15) is 6.92 Å². The fraction of sp³-hybridized carbons (Fsp3) is 0.333. The molecular formula is C6H8F2O. The summed E-state index contributed by atoms with van der Waals surface area (Å²) in [4.78, 5) is 0. The minimum Gasteiger partial charge on any atom is -0.465 e. The predicted molar refractivity (Wildman–Crippen MR) is 31.1 cm³/mol. The molecule has 0 spiro atoms. The van der Waals surface area contributed by atoms with Gasteiger partial charge >= 0.3 is 6.01 Å². The van der Waals surface area contributed by atoms with E-state index < -0.39 is 6.01 Å². The lowest BCUT2D eigenvalue weighted by atomic mass is 10.6. The van der Waals surface area contributed by atoms with Gasteiger partial charge in [-0.3, -0.25) is 0 Å². The van der Waals surface area contributed by atoms with Crippen LogP contribution < -0.4 is 0 Å². The van der Waals surface area contributed by atoms with Crippen molar-refractivity contribution in [3.8, 4) is 0 Å². The molecule has 0 unspecified atom stereocenters. The molecule has 3 heteroatoms. The van der Waals surface area contributed by atoms with E-state index in [1.165, 1.54) is 0 Å². The molecule has 0 aromatic rings. The van der Waals surface area contributed by atoms with Crippen molar-refractivity contribution in [2.45, 2.75) is 6.92 Å². The lowest BCUT2D eigenvalue weighted by Crippen LogP contribution is -1.84. The van der Waals surface area contributed by atoms with Gasteiger partial charge in [-0.25, -0.2) is 4.39 Å². The summed E-state index contributed by atoms with van der Waals surface area (Å²) < 4.78 is 27.0. The number of halogens is 2. The molecule has 0 rings (SSSR count). The van der Waals surface area contributed by atoms with E-state index in [0.29, 0.717) is 0 Å². The van der Waals surface area contributed by atoms with E-state index in [4.69, 9.17) is 0 Å². The SMILES string of the molecule is C/C=C/CO/C(F)=C\F. The first-order chi connectivity index (χ1) is 4.31. The molecule has 0 aliphatic carbocycles. The molecule has 9 heavy (non-hydrogen) atoms. The Balaban J connectivity index is 3.28. The number of hydrogen-bond donors (Lipinski definition) is 0. The lowest BCUT2D eigenvalue weighted by molar-refractivity contribution is 0.164. The molecule has 0 atom stereocenters. The molecule has 0 aliphatic rings. The van der Waals surface area contributed by atoms with Crippen LogP contribution in [-0.2, 0) is 4.74 Å². The van der Waals surface area contributed by atoms with E-state index in [-0.39, 0.29) is 12.9 Å². The van der Waals surface area contributed by atoms with Crippen LogP contribution in [0.15, 0.2) is 24.5 Å². The molecule has 1 nitrogen and oxygen atoms in total. The van der Waals surface area contributed by atoms with Crippen LogP contribution in [0.3, 0.4) is 0 Å². The molecule has 0 radical (unpaired) electrons. The Hall–Kier alpha value is -0.860. The third kappa shape index (κ3) is 5.00. The molecule has 0 saturated heterocycles. The monoisotopic (exact) mass is 134 g/mol. The first-order valence-corrected chi connectivity index (χ1v) is 2.51. The standard InChI is InChI=1S/C6H8F2O/c1-2-3-4-9-6(8)5-7/h2-3,5H,4H2,1H3/b3-2+,6-5-. The smallest absolute Gasteiger partial charge is 0.301 e. The second kappa shape index (κ2) is 5.28. The van der Waals surface area contributed by atoms with Gasteiger partial charge in [0.1, 0.15) is 6.61 Å². The quantitative estimate of drug-likeness (QED) is 0.425. The number of allylic oxidation sites excluding steroid dienone is 1. The van der Waals surface area contributed by atoms with Crippen LogP contribution in [0.4, 0.5) is 8.78 Å². The second-order valence-corrected chi connectivity index (χ2v) is 1.29. The fourth-order valence-electron chi connectivity index (χ4n) is 0.255. The highest BCUT2D eigenvalue weighted by Gasteiger charge is 1.88. The number of ether oxygens (including phenoxy) is 1. The summed E-state index contributed by atoms with van der Waals surface area (Å²) in [6, 6.07) is -1.19. The highest BCUT2D eigenvalue weighted by molar-refractivity contribution is 4.80. The molecule has 0 aliphatic heterocycles. The highest BCUT2D eigenvalue weighted by atomic mass is 19.2. The highest BCUT2D eigenvalue weighted by Crippen LogP contribution is 1.97. The average Bonchev–Trinajstić information content (AvgIpc) is 1.89. The summed E-state index contributed by atoms with van der Waals surface area (Å²) in [5, 5.41) is 0. The minimum absolute atomic E-state index is 0.0722. The molecule has 0 N–H and O–H groups in total. The van der Waals surface area contributed by atoms with Crippen molar-refractivity contribution in [1.82, 2.24) is 0 Å². The summed E-state index contributed by atoms with van der Waals surface area (Å²) in [5.41, 5.74) is 0. The second-order valence-electron chi connectivity index (χ2n) is 1.29. The molecule has 0 heterocycles. The van der Waals surface area contributed by atoms with Gasteiger partial charge in [0.2, 0.25) is 0 Å². The Labute approximate surface area is 52.6 Å². The maximum absolute atomic E-state index is 11.7. The maximum atomic E-state index is 11.7. The Morgan fingerprint density at radius 1 is 1.67 bits per heavy atom. The summed E-state index contributed by atoms with van der Waals surface area (Å²) in [7, 11) is 0. The van der Waals surface area contributed by atoms with Crippen molar-refractivity contribution in [2.24, 2.45) is 0 Å². The predicted octanol–water partition coefficient (Wildman–Crippen LogP) is 2.32. The molecule has 0 aromatic heterocycles. The third-order valence-corrected chi connectivity index (χ3v) is 0.639. The van der Waals surface area contributed by atoms with Gasteiger partial charge in [0, 0.05) is 0 Å². The largest absolute Gasteiger partial charge is 0.465 e. The van der Waals surface area contributed by atoms with Gasteiger partial charge in [-0.15, -0.1) is 0 Å². The van der Waals surface area contributed by atoms with E-state index in [1.54, 1.807) is 19.1 Å².